The molecule has 0 aliphatic rings. The average molecular weight is 448 g/mol. The zero-order chi connectivity index (χ0) is 23.0. The number of ether oxygens (including phenoxy) is 1. The van der Waals surface area contributed by atoms with Crippen molar-refractivity contribution in [1.82, 2.24) is 9.62 Å². The molecule has 2 rings (SSSR count). The van der Waals surface area contributed by atoms with Gasteiger partial charge in [-0.05, 0) is 36.8 Å². The topological polar surface area (TPSA) is 122 Å². The summed E-state index contributed by atoms with van der Waals surface area (Å²) in [5.41, 5.74) is 1.23. The highest BCUT2D eigenvalue weighted by Gasteiger charge is 2.27. The summed E-state index contributed by atoms with van der Waals surface area (Å²) in [7, 11) is -2.80. The van der Waals surface area contributed by atoms with Gasteiger partial charge < -0.3 is 15.0 Å². The van der Waals surface area contributed by atoms with Crippen LogP contribution >= 0.6 is 0 Å². The predicted molar refractivity (Wildman–Crippen MR) is 114 cm³/mol. The summed E-state index contributed by atoms with van der Waals surface area (Å²) in [6.45, 7) is 2.55. The van der Waals surface area contributed by atoms with Crippen LogP contribution in [0.5, 0.6) is 0 Å². The molecule has 0 spiro atoms. The Bertz CT molecular complexity index is 1020. The molecule has 0 saturated heterocycles. The first-order chi connectivity index (χ1) is 14.6. The largest absolute Gasteiger partial charge is 0.468 e. The molecule has 166 valence electrons. The first-order valence-electron chi connectivity index (χ1n) is 9.42. The number of sulfonamides is 1. The van der Waals surface area contributed by atoms with E-state index in [1.54, 1.807) is 24.3 Å². The Morgan fingerprint density at radius 1 is 1.03 bits per heavy atom. The molecule has 2 aromatic rings. The Balaban J connectivity index is 2.15. The third-order valence-electron chi connectivity index (χ3n) is 4.26. The predicted octanol–water partition coefficient (Wildman–Crippen LogP) is 1.51. The molecule has 2 amide bonds. The number of benzene rings is 2. The SMILES string of the molecule is COC(=O)CN(Cc1ccccc1)C(=O)[C@H](C)NS(=O)(=O)c1ccc(NC(C)=O)cc1. The van der Waals surface area contributed by atoms with Crippen molar-refractivity contribution < 1.29 is 27.5 Å². The maximum Gasteiger partial charge on any atom is 0.325 e. The number of esters is 1. The van der Waals surface area contributed by atoms with Gasteiger partial charge >= 0.3 is 5.97 Å². The van der Waals surface area contributed by atoms with Crippen molar-refractivity contribution in [3.63, 3.8) is 0 Å². The Hall–Kier alpha value is -3.24. The van der Waals surface area contributed by atoms with Crippen LogP contribution in [0.1, 0.15) is 19.4 Å². The van der Waals surface area contributed by atoms with E-state index in [1.807, 2.05) is 6.07 Å². The van der Waals surface area contributed by atoms with Crippen LogP contribution in [0, 0.1) is 0 Å². The van der Waals surface area contributed by atoms with E-state index in [9.17, 15) is 22.8 Å². The van der Waals surface area contributed by atoms with Crippen molar-refractivity contribution in [2.75, 3.05) is 19.0 Å². The third kappa shape index (κ3) is 7.19. The summed E-state index contributed by atoms with van der Waals surface area (Å²) >= 11 is 0. The maximum absolute atomic E-state index is 12.9. The summed E-state index contributed by atoms with van der Waals surface area (Å²) in [5, 5.41) is 2.55. The quantitative estimate of drug-likeness (QED) is 0.562. The van der Waals surface area contributed by atoms with Crippen LogP contribution in [0.3, 0.4) is 0 Å². The normalized spacial score (nSPS) is 12.0. The number of rotatable bonds is 9. The number of hydrogen-bond acceptors (Lipinski definition) is 6. The first-order valence-corrected chi connectivity index (χ1v) is 10.9. The molecule has 9 nitrogen and oxygen atoms in total. The van der Waals surface area contributed by atoms with Gasteiger partial charge in [-0.2, -0.15) is 4.72 Å². The van der Waals surface area contributed by atoms with E-state index in [0.29, 0.717) is 5.69 Å². The number of amides is 2. The molecular formula is C21H25N3O6S. The van der Waals surface area contributed by atoms with Gasteiger partial charge in [-0.1, -0.05) is 30.3 Å². The average Bonchev–Trinajstić information content (AvgIpc) is 2.73. The molecule has 10 heteroatoms. The molecule has 0 unspecified atom stereocenters. The minimum atomic E-state index is -4.02. The zero-order valence-corrected chi connectivity index (χ0v) is 18.3. The van der Waals surface area contributed by atoms with Crippen LogP contribution in [-0.4, -0.2) is 50.8 Å². The summed E-state index contributed by atoms with van der Waals surface area (Å²) < 4.78 is 32.3. The highest BCUT2D eigenvalue weighted by molar-refractivity contribution is 7.89. The number of nitrogens with one attached hydrogen (secondary N) is 2. The van der Waals surface area contributed by atoms with Gasteiger partial charge in [0, 0.05) is 19.2 Å². The van der Waals surface area contributed by atoms with Gasteiger partial charge in [0.05, 0.1) is 18.0 Å². The lowest BCUT2D eigenvalue weighted by Gasteiger charge is -2.25. The van der Waals surface area contributed by atoms with Gasteiger partial charge in [0.1, 0.15) is 6.54 Å². The Labute approximate surface area is 181 Å². The number of carbonyl (C=O) groups excluding carboxylic acids is 3. The van der Waals surface area contributed by atoms with Gasteiger partial charge in [-0.25, -0.2) is 8.42 Å². The lowest BCUT2D eigenvalue weighted by molar-refractivity contribution is -0.147. The van der Waals surface area contributed by atoms with E-state index in [0.717, 1.165) is 5.56 Å². The second-order valence-electron chi connectivity index (χ2n) is 6.80. The Morgan fingerprint density at radius 2 is 1.65 bits per heavy atom. The number of nitrogens with zero attached hydrogens (tertiary/aromatic N) is 1. The van der Waals surface area contributed by atoms with Crippen LogP contribution in [0.4, 0.5) is 5.69 Å². The van der Waals surface area contributed by atoms with Crippen LogP contribution in [0.25, 0.3) is 0 Å². The summed E-state index contributed by atoms with van der Waals surface area (Å²) in [6, 6.07) is 13.4. The molecule has 31 heavy (non-hydrogen) atoms. The van der Waals surface area contributed by atoms with E-state index in [4.69, 9.17) is 0 Å². The fourth-order valence-electron chi connectivity index (χ4n) is 2.78. The van der Waals surface area contributed by atoms with Crippen molar-refractivity contribution >= 4 is 33.5 Å². The van der Waals surface area contributed by atoms with Crippen molar-refractivity contribution in [1.29, 1.82) is 0 Å². The Kier molecular flexibility index (Phi) is 8.29. The second-order valence-corrected chi connectivity index (χ2v) is 8.52. The van der Waals surface area contributed by atoms with Gasteiger partial charge in [-0.15, -0.1) is 0 Å². The molecule has 2 N–H and O–H groups in total. The van der Waals surface area contributed by atoms with Gasteiger partial charge in [0.25, 0.3) is 0 Å². The molecule has 0 bridgehead atoms. The van der Waals surface area contributed by atoms with E-state index < -0.39 is 27.9 Å². The monoisotopic (exact) mass is 447 g/mol. The molecule has 0 radical (unpaired) electrons. The van der Waals surface area contributed by atoms with Crippen molar-refractivity contribution in [3.8, 4) is 0 Å². The molecule has 0 aromatic heterocycles. The van der Waals surface area contributed by atoms with E-state index in [-0.39, 0.29) is 23.9 Å². The fraction of sp³-hybridized carbons (Fsp3) is 0.286. The van der Waals surface area contributed by atoms with Crippen LogP contribution < -0.4 is 10.0 Å². The molecule has 0 fully saturated rings. The smallest absolute Gasteiger partial charge is 0.325 e. The molecule has 0 heterocycles. The van der Waals surface area contributed by atoms with Gasteiger partial charge in [-0.3, -0.25) is 14.4 Å². The molecule has 0 aliphatic heterocycles. The first kappa shape index (κ1) is 24.0. The van der Waals surface area contributed by atoms with Crippen molar-refractivity contribution in [3.05, 3.63) is 60.2 Å². The summed E-state index contributed by atoms with van der Waals surface area (Å²) in [6.07, 6.45) is 0. The highest BCUT2D eigenvalue weighted by Crippen LogP contribution is 2.15. The number of methoxy groups -OCH3 is 1. The van der Waals surface area contributed by atoms with Crippen LogP contribution in [0.15, 0.2) is 59.5 Å². The van der Waals surface area contributed by atoms with Gasteiger partial charge in [0.15, 0.2) is 0 Å². The summed E-state index contributed by atoms with van der Waals surface area (Å²) in [5.74, 6) is -1.47. The number of hydrogen-bond donors (Lipinski definition) is 2. The number of carbonyl (C=O) groups is 3. The molecule has 0 saturated carbocycles. The lowest BCUT2D eigenvalue weighted by Crippen LogP contribution is -2.48. The molecule has 2 aromatic carbocycles. The zero-order valence-electron chi connectivity index (χ0n) is 17.5. The molecule has 1 atom stereocenters. The maximum atomic E-state index is 12.9. The van der Waals surface area contributed by atoms with Crippen LogP contribution in [0.2, 0.25) is 0 Å². The van der Waals surface area contributed by atoms with Crippen LogP contribution in [-0.2, 0) is 35.7 Å². The minimum Gasteiger partial charge on any atom is -0.468 e. The standard InChI is InChI=1S/C21H25N3O6S/c1-15(23-31(28,29)19-11-9-18(10-12-19)22-16(2)25)21(27)24(14-20(26)30-3)13-17-7-5-4-6-8-17/h4-12,15,23H,13-14H2,1-3H3,(H,22,25)/t15-/m0/s1. The Morgan fingerprint density at radius 3 is 2.19 bits per heavy atom. The minimum absolute atomic E-state index is 0.0659. The van der Waals surface area contributed by atoms with Crippen molar-refractivity contribution in [2.24, 2.45) is 0 Å². The van der Waals surface area contributed by atoms with E-state index in [1.165, 1.54) is 50.1 Å². The summed E-state index contributed by atoms with van der Waals surface area (Å²) in [4.78, 5) is 37.0. The number of anilines is 1. The van der Waals surface area contributed by atoms with E-state index in [2.05, 4.69) is 14.8 Å². The van der Waals surface area contributed by atoms with Crippen molar-refractivity contribution in [2.45, 2.75) is 31.3 Å². The van der Waals surface area contributed by atoms with E-state index >= 15 is 0 Å². The van der Waals surface area contributed by atoms with Gasteiger partial charge in [0.2, 0.25) is 21.8 Å². The molecule has 0 aliphatic carbocycles. The second kappa shape index (κ2) is 10.7. The molecular weight excluding hydrogens is 422 g/mol. The fourth-order valence-corrected chi connectivity index (χ4v) is 3.98. The lowest BCUT2D eigenvalue weighted by atomic mass is 10.2. The highest BCUT2D eigenvalue weighted by atomic mass is 32.2. The third-order valence-corrected chi connectivity index (χ3v) is 5.82.